The molecule has 0 aromatic carbocycles. The summed E-state index contributed by atoms with van der Waals surface area (Å²) in [6.07, 6.45) is 0.570. The van der Waals surface area contributed by atoms with E-state index in [0.717, 1.165) is 18.5 Å². The van der Waals surface area contributed by atoms with Crippen LogP contribution in [0.2, 0.25) is 0 Å². The molecule has 0 aliphatic carbocycles. The molecule has 0 unspecified atom stereocenters. The monoisotopic (exact) mass is 269 g/mol. The molecule has 4 nitrogen and oxygen atoms in total. The molecule has 2 rings (SSSR count). The molecular weight excluding hydrogens is 259 g/mol. The van der Waals surface area contributed by atoms with Crippen LogP contribution in [0.5, 0.6) is 0 Å². The van der Waals surface area contributed by atoms with Crippen molar-refractivity contribution in [3.8, 4) is 0 Å². The Morgan fingerprint density at radius 1 is 1.37 bits per heavy atom. The lowest BCUT2D eigenvalue weighted by Gasteiger charge is -2.11. The third kappa shape index (κ3) is 2.93. The fourth-order valence-electron chi connectivity index (χ4n) is 1.60. The van der Waals surface area contributed by atoms with Gasteiger partial charge < -0.3 is 9.88 Å². The molecule has 1 amide bonds. The predicted molar refractivity (Wildman–Crippen MR) is 62.6 cm³/mol. The molecule has 0 bridgehead atoms. The van der Waals surface area contributed by atoms with Crippen LogP contribution in [0, 0.1) is 0 Å². The SMILES string of the molecule is Cn1ccc(NC(=O)c2cnccc2C(F)(F)F)c1. The minimum absolute atomic E-state index is 0.421. The molecule has 2 heterocycles. The Morgan fingerprint density at radius 2 is 2.11 bits per heavy atom. The van der Waals surface area contributed by atoms with Gasteiger partial charge in [0.2, 0.25) is 0 Å². The first-order valence-electron chi connectivity index (χ1n) is 5.32. The van der Waals surface area contributed by atoms with Crippen molar-refractivity contribution in [2.75, 3.05) is 5.32 Å². The van der Waals surface area contributed by atoms with E-state index in [1.165, 1.54) is 0 Å². The Hall–Kier alpha value is -2.31. The lowest BCUT2D eigenvalue weighted by molar-refractivity contribution is -0.137. The van der Waals surface area contributed by atoms with Crippen LogP contribution in [0.4, 0.5) is 18.9 Å². The normalized spacial score (nSPS) is 11.4. The molecule has 1 N–H and O–H groups in total. The van der Waals surface area contributed by atoms with E-state index in [9.17, 15) is 18.0 Å². The number of rotatable bonds is 2. The summed E-state index contributed by atoms with van der Waals surface area (Å²) >= 11 is 0. The molecule has 7 heteroatoms. The van der Waals surface area contributed by atoms with Crippen molar-refractivity contribution in [1.29, 1.82) is 0 Å². The smallest absolute Gasteiger partial charge is 0.355 e. The van der Waals surface area contributed by atoms with E-state index < -0.39 is 23.2 Å². The van der Waals surface area contributed by atoms with Crippen molar-refractivity contribution in [2.24, 2.45) is 7.05 Å². The largest absolute Gasteiger partial charge is 0.417 e. The van der Waals surface area contributed by atoms with Gasteiger partial charge in [-0.3, -0.25) is 9.78 Å². The number of aromatic nitrogens is 2. The lowest BCUT2D eigenvalue weighted by Crippen LogP contribution is -2.18. The molecule has 2 aromatic rings. The number of hydrogen-bond donors (Lipinski definition) is 1. The number of nitrogens with zero attached hydrogens (tertiary/aromatic N) is 2. The van der Waals surface area contributed by atoms with E-state index >= 15 is 0 Å². The van der Waals surface area contributed by atoms with Gasteiger partial charge in [-0.25, -0.2) is 0 Å². The van der Waals surface area contributed by atoms with Crippen LogP contribution in [0.3, 0.4) is 0 Å². The highest BCUT2D eigenvalue weighted by atomic mass is 19.4. The molecule has 0 aliphatic heterocycles. The highest BCUT2D eigenvalue weighted by Crippen LogP contribution is 2.31. The molecule has 19 heavy (non-hydrogen) atoms. The van der Waals surface area contributed by atoms with Crippen LogP contribution in [-0.4, -0.2) is 15.5 Å². The quantitative estimate of drug-likeness (QED) is 0.911. The van der Waals surface area contributed by atoms with Crippen LogP contribution >= 0.6 is 0 Å². The minimum atomic E-state index is -4.59. The van der Waals surface area contributed by atoms with Gasteiger partial charge in [0, 0.05) is 31.8 Å². The number of hydrogen-bond acceptors (Lipinski definition) is 2. The second-order valence-electron chi connectivity index (χ2n) is 3.94. The zero-order chi connectivity index (χ0) is 14.0. The third-order valence-electron chi connectivity index (χ3n) is 2.46. The van der Waals surface area contributed by atoms with Gasteiger partial charge in [0.1, 0.15) is 0 Å². The Kier molecular flexibility index (Phi) is 3.28. The van der Waals surface area contributed by atoms with Crippen LogP contribution < -0.4 is 5.32 Å². The molecule has 0 fully saturated rings. The Morgan fingerprint density at radius 3 is 2.68 bits per heavy atom. The summed E-state index contributed by atoms with van der Waals surface area (Å²) < 4.78 is 39.9. The Labute approximate surface area is 106 Å². The Balaban J connectivity index is 2.29. The van der Waals surface area contributed by atoms with Gasteiger partial charge in [-0.1, -0.05) is 0 Å². The predicted octanol–water partition coefficient (Wildman–Crippen LogP) is 2.69. The number of alkyl halides is 3. The Bertz CT molecular complexity index is 604. The molecule has 0 saturated heterocycles. The first-order chi connectivity index (χ1) is 8.88. The van der Waals surface area contributed by atoms with Crippen molar-refractivity contribution in [2.45, 2.75) is 6.18 Å². The van der Waals surface area contributed by atoms with E-state index in [2.05, 4.69) is 10.3 Å². The summed E-state index contributed by atoms with van der Waals surface area (Å²) in [6.45, 7) is 0. The summed E-state index contributed by atoms with van der Waals surface area (Å²) in [7, 11) is 1.74. The first kappa shape index (κ1) is 13.1. The molecule has 2 aromatic heterocycles. The van der Waals surface area contributed by atoms with Crippen molar-refractivity contribution in [3.63, 3.8) is 0 Å². The number of pyridine rings is 1. The highest BCUT2D eigenvalue weighted by molar-refractivity contribution is 6.05. The van der Waals surface area contributed by atoms with Gasteiger partial charge in [-0.2, -0.15) is 13.2 Å². The minimum Gasteiger partial charge on any atom is -0.355 e. The number of carbonyl (C=O) groups is 1. The molecule has 0 radical (unpaired) electrons. The fraction of sp³-hybridized carbons (Fsp3) is 0.167. The third-order valence-corrected chi connectivity index (χ3v) is 2.46. The number of anilines is 1. The second kappa shape index (κ2) is 4.75. The van der Waals surface area contributed by atoms with E-state index in [0.29, 0.717) is 5.69 Å². The van der Waals surface area contributed by atoms with Crippen LogP contribution in [-0.2, 0) is 13.2 Å². The zero-order valence-electron chi connectivity index (χ0n) is 9.90. The van der Waals surface area contributed by atoms with Crippen molar-refractivity contribution in [3.05, 3.63) is 48.0 Å². The topological polar surface area (TPSA) is 46.9 Å². The van der Waals surface area contributed by atoms with Gasteiger partial charge in [0.25, 0.3) is 5.91 Å². The van der Waals surface area contributed by atoms with E-state index in [1.807, 2.05) is 0 Å². The summed E-state index contributed by atoms with van der Waals surface area (Å²) in [5, 5.41) is 2.39. The van der Waals surface area contributed by atoms with Crippen LogP contribution in [0.1, 0.15) is 15.9 Å². The van der Waals surface area contributed by atoms with E-state index in [1.54, 1.807) is 30.1 Å². The summed E-state index contributed by atoms with van der Waals surface area (Å²) in [6, 6.07) is 2.36. The number of nitrogens with one attached hydrogen (secondary N) is 1. The van der Waals surface area contributed by atoms with Crippen LogP contribution in [0.15, 0.2) is 36.9 Å². The van der Waals surface area contributed by atoms with Gasteiger partial charge in [-0.05, 0) is 12.1 Å². The summed E-state index contributed by atoms with van der Waals surface area (Å²) in [5.74, 6) is -0.841. The molecular formula is C12H10F3N3O. The maximum absolute atomic E-state index is 12.7. The van der Waals surface area contributed by atoms with Crippen molar-refractivity contribution >= 4 is 11.6 Å². The zero-order valence-corrected chi connectivity index (χ0v) is 9.90. The standard InChI is InChI=1S/C12H10F3N3O/c1-18-5-3-8(7-18)17-11(19)9-6-16-4-2-10(9)12(13,14)15/h2-7H,1H3,(H,17,19). The maximum Gasteiger partial charge on any atom is 0.417 e. The van der Waals surface area contributed by atoms with Gasteiger partial charge in [0.15, 0.2) is 0 Å². The number of amides is 1. The molecule has 0 saturated carbocycles. The van der Waals surface area contributed by atoms with Gasteiger partial charge in [0.05, 0.1) is 16.8 Å². The fourth-order valence-corrected chi connectivity index (χ4v) is 1.60. The van der Waals surface area contributed by atoms with E-state index in [4.69, 9.17) is 0 Å². The second-order valence-corrected chi connectivity index (χ2v) is 3.94. The summed E-state index contributed by atoms with van der Waals surface area (Å²) in [5.41, 5.74) is -1.08. The number of halogens is 3. The molecule has 0 spiro atoms. The first-order valence-corrected chi connectivity index (χ1v) is 5.32. The maximum atomic E-state index is 12.7. The number of aryl methyl sites for hydroxylation is 1. The lowest BCUT2D eigenvalue weighted by atomic mass is 10.1. The molecule has 0 atom stereocenters. The summed E-state index contributed by atoms with van der Waals surface area (Å²) in [4.78, 5) is 15.4. The van der Waals surface area contributed by atoms with Crippen LogP contribution in [0.25, 0.3) is 0 Å². The molecule has 100 valence electrons. The highest BCUT2D eigenvalue weighted by Gasteiger charge is 2.35. The van der Waals surface area contributed by atoms with Gasteiger partial charge >= 0.3 is 6.18 Å². The average molecular weight is 269 g/mol. The van der Waals surface area contributed by atoms with Crippen molar-refractivity contribution < 1.29 is 18.0 Å². The molecule has 0 aliphatic rings. The average Bonchev–Trinajstić information content (AvgIpc) is 2.73. The number of carbonyl (C=O) groups excluding carboxylic acids is 1. The van der Waals surface area contributed by atoms with Crippen molar-refractivity contribution in [1.82, 2.24) is 9.55 Å². The van der Waals surface area contributed by atoms with Gasteiger partial charge in [-0.15, -0.1) is 0 Å². The van der Waals surface area contributed by atoms with E-state index in [-0.39, 0.29) is 0 Å².